The summed E-state index contributed by atoms with van der Waals surface area (Å²) in [5, 5.41) is 21.9. The largest absolute Gasteiger partial charge is 0.480 e. The Morgan fingerprint density at radius 2 is 1.83 bits per heavy atom. The summed E-state index contributed by atoms with van der Waals surface area (Å²) in [6.45, 7) is -0.728. The monoisotopic (exact) mass is 758 g/mol. The summed E-state index contributed by atoms with van der Waals surface area (Å²) < 4.78 is 4.45. The highest BCUT2D eigenvalue weighted by molar-refractivity contribution is 8.06. The van der Waals surface area contributed by atoms with Crippen LogP contribution in [0.15, 0.2) is 101 Å². The first-order chi connectivity index (χ1) is 25.3. The predicted molar refractivity (Wildman–Crippen MR) is 196 cm³/mol. The van der Waals surface area contributed by atoms with Gasteiger partial charge < -0.3 is 30.2 Å². The van der Waals surface area contributed by atoms with Crippen molar-refractivity contribution in [3.05, 3.63) is 118 Å². The summed E-state index contributed by atoms with van der Waals surface area (Å²) in [7, 11) is 0. The van der Waals surface area contributed by atoms with Crippen molar-refractivity contribution in [1.82, 2.24) is 20.2 Å². The van der Waals surface area contributed by atoms with Gasteiger partial charge in [-0.15, -0.1) is 34.9 Å². The van der Waals surface area contributed by atoms with Crippen molar-refractivity contribution in [2.24, 2.45) is 5.16 Å². The number of benzene rings is 2. The molecule has 2 aromatic heterocycles. The van der Waals surface area contributed by atoms with Gasteiger partial charge in [-0.1, -0.05) is 71.9 Å². The lowest BCUT2D eigenvalue weighted by molar-refractivity contribution is -0.153. The number of nitrogens with one attached hydrogen (secondary N) is 2. The quantitative estimate of drug-likeness (QED) is 0.0524. The maximum atomic E-state index is 13.6. The van der Waals surface area contributed by atoms with Gasteiger partial charge in [0.1, 0.15) is 21.9 Å². The van der Waals surface area contributed by atoms with Crippen LogP contribution in [0.1, 0.15) is 28.5 Å². The number of hydrogen-bond donors (Lipinski definition) is 3. The van der Waals surface area contributed by atoms with Gasteiger partial charge in [-0.3, -0.25) is 24.2 Å². The first-order valence-corrected chi connectivity index (χ1v) is 18.4. The lowest BCUT2D eigenvalue weighted by Gasteiger charge is -2.53. The molecule has 3 N–H and O–H groups in total. The number of amides is 3. The van der Waals surface area contributed by atoms with E-state index in [2.05, 4.69) is 25.8 Å². The Balaban J connectivity index is 1.12. The summed E-state index contributed by atoms with van der Waals surface area (Å²) in [6.07, 6.45) is 4.74. The van der Waals surface area contributed by atoms with Crippen LogP contribution in [-0.4, -0.2) is 90.9 Å². The van der Waals surface area contributed by atoms with E-state index in [0.717, 1.165) is 39.8 Å². The van der Waals surface area contributed by atoms with E-state index in [9.17, 15) is 29.1 Å². The molecule has 2 saturated heterocycles. The number of esters is 1. The van der Waals surface area contributed by atoms with E-state index < -0.39 is 52.6 Å². The van der Waals surface area contributed by atoms with E-state index in [1.165, 1.54) is 22.0 Å². The summed E-state index contributed by atoms with van der Waals surface area (Å²) >= 11 is 3.36. The van der Waals surface area contributed by atoms with E-state index in [4.69, 9.17) is 9.57 Å². The Labute approximate surface area is 309 Å². The smallest absolute Gasteiger partial charge is 0.347 e. The summed E-state index contributed by atoms with van der Waals surface area (Å²) in [4.78, 5) is 78.3. The first kappa shape index (κ1) is 36.3. The second-order valence-electron chi connectivity index (χ2n) is 11.3. The van der Waals surface area contributed by atoms with Crippen LogP contribution in [-0.2, 0) is 33.5 Å². The highest BCUT2D eigenvalue weighted by atomic mass is 32.2. The Hall–Kier alpha value is -5.52. The van der Waals surface area contributed by atoms with Gasteiger partial charge in [-0.2, -0.15) is 0 Å². The number of carbonyl (C=O) groups is 5. The molecule has 0 aliphatic carbocycles. The van der Waals surface area contributed by atoms with Crippen molar-refractivity contribution in [1.29, 1.82) is 0 Å². The average Bonchev–Trinajstić information content (AvgIpc) is 3.63. The van der Waals surface area contributed by atoms with E-state index in [0.29, 0.717) is 6.41 Å². The third kappa shape index (κ3) is 8.33. The van der Waals surface area contributed by atoms with Crippen LogP contribution in [0, 0.1) is 0 Å². The summed E-state index contributed by atoms with van der Waals surface area (Å²) in [6, 6.07) is 20.9. The number of thiazole rings is 1. The molecule has 52 heavy (non-hydrogen) atoms. The van der Waals surface area contributed by atoms with Gasteiger partial charge in [-0.25, -0.2) is 9.78 Å². The van der Waals surface area contributed by atoms with Gasteiger partial charge in [0.2, 0.25) is 18.9 Å². The van der Waals surface area contributed by atoms with Crippen molar-refractivity contribution >= 4 is 81.9 Å². The number of hydrogen-bond acceptors (Lipinski definition) is 13. The second-order valence-corrected chi connectivity index (χ2v) is 14.6. The number of nitrogens with zero attached hydrogens (tertiary/aromatic N) is 4. The Morgan fingerprint density at radius 3 is 2.48 bits per heavy atom. The molecule has 14 nitrogen and oxygen atoms in total. The number of anilines is 1. The third-order valence-electron chi connectivity index (χ3n) is 7.91. The maximum absolute atomic E-state index is 13.6. The van der Waals surface area contributed by atoms with Crippen LogP contribution in [0.25, 0.3) is 6.08 Å². The number of pyridine rings is 1. The minimum Gasteiger partial charge on any atom is -0.480 e. The molecule has 266 valence electrons. The number of carboxylic acids is 1. The normalized spacial score (nSPS) is 19.8. The zero-order valence-electron chi connectivity index (χ0n) is 27.1. The van der Waals surface area contributed by atoms with Crippen molar-refractivity contribution in [3.8, 4) is 0 Å². The van der Waals surface area contributed by atoms with Crippen molar-refractivity contribution in [2.45, 2.75) is 22.3 Å². The molecule has 0 radical (unpaired) electrons. The number of carboxylic acid groups (broad SMARTS) is 1. The Bertz CT molecular complexity index is 1940. The van der Waals surface area contributed by atoms with Crippen LogP contribution < -0.4 is 10.6 Å². The number of aliphatic carboxylic acids is 1. The van der Waals surface area contributed by atoms with Crippen LogP contribution >= 0.6 is 34.9 Å². The molecule has 3 atom stereocenters. The molecule has 2 aliphatic heterocycles. The van der Waals surface area contributed by atoms with E-state index >= 15 is 0 Å². The van der Waals surface area contributed by atoms with Crippen molar-refractivity contribution in [2.75, 3.05) is 24.2 Å². The molecular weight excluding hydrogens is 729 g/mol. The number of oxime groups is 1. The number of β-lactam (4-membered cyclic amide) rings is 1. The zero-order chi connectivity index (χ0) is 36.5. The molecule has 2 fully saturated rings. The van der Waals surface area contributed by atoms with Crippen LogP contribution in [0.5, 0.6) is 0 Å². The molecule has 3 amide bonds. The fourth-order valence-electron chi connectivity index (χ4n) is 5.33. The summed E-state index contributed by atoms with van der Waals surface area (Å²) in [5.41, 5.74) is 1.95. The summed E-state index contributed by atoms with van der Waals surface area (Å²) in [5.74, 6) is -2.96. The fourth-order valence-corrected chi connectivity index (χ4v) is 8.65. The Kier molecular flexibility index (Phi) is 11.6. The van der Waals surface area contributed by atoms with Gasteiger partial charge in [-0.05, 0) is 34.2 Å². The molecule has 0 bridgehead atoms. The highest BCUT2D eigenvalue weighted by Gasteiger charge is 2.57. The molecule has 6 rings (SSSR count). The number of carbonyl (C=O) groups excluding carboxylic acids is 4. The standard InChI is InChI=1S/C35H30N6O8S3/c42-21-37-34-38-25(18-50-34)27(40-48-17-26(43)49-29(23-9-3-1-4-10-23)24-11-5-2-6-12-24)30(44)39-28-31(45)41-19-35(33(46)47,20-51-32(28)41)52-15-13-22-8-7-14-36-16-22/h1-16,18,21,28-29,32H,17,19-20H2,(H,39,44)(H,46,47)(H,37,38,42)/t28?,32-,35?/m1/s1. The van der Waals surface area contributed by atoms with Crippen LogP contribution in [0.2, 0.25) is 0 Å². The number of ether oxygens (including phenoxy) is 1. The second kappa shape index (κ2) is 16.7. The molecule has 0 saturated carbocycles. The number of rotatable bonds is 15. The van der Waals surface area contributed by atoms with E-state index in [1.54, 1.807) is 29.9 Å². The Morgan fingerprint density at radius 1 is 1.10 bits per heavy atom. The number of aromatic nitrogens is 2. The molecule has 0 spiro atoms. The van der Waals surface area contributed by atoms with Crippen LogP contribution in [0.3, 0.4) is 0 Å². The molecule has 4 heterocycles. The van der Waals surface area contributed by atoms with Gasteiger partial charge in [0.25, 0.3) is 5.91 Å². The predicted octanol–water partition coefficient (Wildman–Crippen LogP) is 3.79. The SMILES string of the molecule is O=CNc1nc(C(=NOCC(=O)OC(c2ccccc2)c2ccccc2)C(=O)NC2C(=O)N3CC(SC=Cc4cccnc4)(C(=O)O)CS[C@H]23)cs1. The molecule has 4 aromatic rings. The number of fused-ring (bicyclic) bond motifs is 1. The lowest BCUT2D eigenvalue weighted by Crippen LogP contribution is -2.74. The molecule has 17 heteroatoms. The minimum absolute atomic E-state index is 0.0216. The molecule has 2 unspecified atom stereocenters. The maximum Gasteiger partial charge on any atom is 0.347 e. The van der Waals surface area contributed by atoms with Gasteiger partial charge in [0.15, 0.2) is 16.9 Å². The third-order valence-corrected chi connectivity index (χ3v) is 11.6. The first-order valence-electron chi connectivity index (χ1n) is 15.6. The fraction of sp³-hybridized carbons (Fsp3) is 0.200. The van der Waals surface area contributed by atoms with E-state index in [-0.39, 0.29) is 28.8 Å². The molecule has 2 aliphatic rings. The molecule has 2 aromatic carbocycles. The van der Waals surface area contributed by atoms with Crippen molar-refractivity contribution in [3.63, 3.8) is 0 Å². The van der Waals surface area contributed by atoms with Gasteiger partial charge in [0.05, 0.1) is 0 Å². The van der Waals surface area contributed by atoms with E-state index in [1.807, 2.05) is 66.7 Å². The van der Waals surface area contributed by atoms with Gasteiger partial charge in [0, 0.05) is 30.1 Å². The van der Waals surface area contributed by atoms with Crippen molar-refractivity contribution < 1.29 is 38.7 Å². The average molecular weight is 759 g/mol. The topological polar surface area (TPSA) is 189 Å². The zero-order valence-corrected chi connectivity index (χ0v) is 29.5. The van der Waals surface area contributed by atoms with Crippen LogP contribution in [0.4, 0.5) is 5.13 Å². The minimum atomic E-state index is -1.30. The lowest BCUT2D eigenvalue weighted by atomic mass is 10.0. The number of thioether (sulfide) groups is 2. The van der Waals surface area contributed by atoms with Gasteiger partial charge >= 0.3 is 11.9 Å². The molecular formula is C35H30N6O8S3. The highest BCUT2D eigenvalue weighted by Crippen LogP contribution is 2.44.